The van der Waals surface area contributed by atoms with Crippen LogP contribution in [0.3, 0.4) is 0 Å². The molecule has 0 unspecified atom stereocenters. The number of aromatic nitrogens is 3. The molecule has 180 valence electrons. The van der Waals surface area contributed by atoms with Crippen molar-refractivity contribution >= 4 is 5.95 Å². The predicted molar refractivity (Wildman–Crippen MR) is 98.3 cm³/mol. The van der Waals surface area contributed by atoms with Gasteiger partial charge in [-0.2, -0.15) is 36.3 Å². The predicted octanol–water partition coefficient (Wildman–Crippen LogP) is 4.15. The Morgan fingerprint density at radius 3 is 1.69 bits per heavy atom. The van der Waals surface area contributed by atoms with Crippen LogP contribution in [0.2, 0.25) is 0 Å². The van der Waals surface area contributed by atoms with Gasteiger partial charge >= 0.3 is 24.4 Å². The second-order valence-corrected chi connectivity index (χ2v) is 8.91. The number of hydrogen-bond acceptors (Lipinski definition) is 7. The van der Waals surface area contributed by atoms with Gasteiger partial charge in [0.15, 0.2) is 13.2 Å². The average Bonchev–Trinajstić information content (AvgIpc) is 2.66. The maximum absolute atomic E-state index is 12.4. The van der Waals surface area contributed by atoms with Crippen molar-refractivity contribution in [3.05, 3.63) is 0 Å². The van der Waals surface area contributed by atoms with Crippen molar-refractivity contribution in [2.24, 2.45) is 17.8 Å². The molecule has 1 N–H and O–H groups in total. The average molecular weight is 470 g/mol. The molecule has 1 aromatic rings. The van der Waals surface area contributed by atoms with Gasteiger partial charge in [0.2, 0.25) is 5.95 Å². The van der Waals surface area contributed by atoms with Crippen LogP contribution in [0.4, 0.5) is 32.3 Å². The zero-order valence-corrected chi connectivity index (χ0v) is 17.1. The molecule has 4 fully saturated rings. The molecule has 0 spiro atoms. The SMILES string of the molecule is FC(F)(F)COc1nc(NCCOC23CC4CC(CC(C4)C2)C3)nc(OCC(F)(F)F)n1. The van der Waals surface area contributed by atoms with Crippen LogP contribution in [0, 0.1) is 17.8 Å². The number of alkyl halides is 6. The summed E-state index contributed by atoms with van der Waals surface area (Å²) < 4.78 is 89.5. The minimum atomic E-state index is -4.67. The number of rotatable bonds is 9. The van der Waals surface area contributed by atoms with Gasteiger partial charge in [0.05, 0.1) is 12.2 Å². The van der Waals surface area contributed by atoms with Crippen LogP contribution >= 0.6 is 0 Å². The van der Waals surface area contributed by atoms with E-state index in [1.165, 1.54) is 19.3 Å². The summed E-state index contributed by atoms with van der Waals surface area (Å²) >= 11 is 0. The molecular formula is C19H24F6N4O3. The zero-order valence-electron chi connectivity index (χ0n) is 17.1. The Bertz CT molecular complexity index is 733. The second kappa shape index (κ2) is 8.71. The van der Waals surface area contributed by atoms with E-state index in [4.69, 9.17) is 4.74 Å². The smallest absolute Gasteiger partial charge is 0.422 e. The third kappa shape index (κ3) is 6.26. The molecule has 5 rings (SSSR count). The van der Waals surface area contributed by atoms with Crippen LogP contribution in [0.5, 0.6) is 12.0 Å². The largest absolute Gasteiger partial charge is 0.454 e. The molecule has 1 aromatic heterocycles. The van der Waals surface area contributed by atoms with E-state index in [1.54, 1.807) is 0 Å². The molecule has 7 nitrogen and oxygen atoms in total. The molecule has 4 aliphatic carbocycles. The molecule has 0 saturated heterocycles. The number of ether oxygens (including phenoxy) is 3. The van der Waals surface area contributed by atoms with Crippen molar-refractivity contribution in [1.82, 2.24) is 15.0 Å². The lowest BCUT2D eigenvalue weighted by Gasteiger charge is -2.56. The summed E-state index contributed by atoms with van der Waals surface area (Å²) in [5.41, 5.74) is -0.127. The van der Waals surface area contributed by atoms with Crippen molar-refractivity contribution in [2.45, 2.75) is 56.5 Å². The third-order valence-corrected chi connectivity index (χ3v) is 6.10. The quantitative estimate of drug-likeness (QED) is 0.429. The third-order valence-electron chi connectivity index (χ3n) is 6.10. The molecule has 13 heteroatoms. The van der Waals surface area contributed by atoms with E-state index >= 15 is 0 Å². The minimum Gasteiger partial charge on any atom is -0.454 e. The van der Waals surface area contributed by atoms with Gasteiger partial charge in [-0.15, -0.1) is 4.98 Å². The first-order valence-electron chi connectivity index (χ1n) is 10.5. The normalized spacial score (nSPS) is 29.2. The van der Waals surface area contributed by atoms with E-state index in [0.29, 0.717) is 24.4 Å². The molecule has 0 radical (unpaired) electrons. The lowest BCUT2D eigenvalue weighted by Crippen LogP contribution is -2.52. The molecule has 4 bridgehead atoms. The standard InChI is InChI=1S/C19H24F6N4O3/c20-18(21,22)9-30-15-27-14(28-16(29-15)31-10-19(23,24)25)26-1-2-32-17-6-11-3-12(7-17)5-13(4-11)8-17/h11-13H,1-10H2,(H,26,27,28,29). The van der Waals surface area contributed by atoms with E-state index in [9.17, 15) is 26.3 Å². The Labute approximate surface area is 180 Å². The number of nitrogens with one attached hydrogen (secondary N) is 1. The number of nitrogens with zero attached hydrogens (tertiary/aromatic N) is 3. The fraction of sp³-hybridized carbons (Fsp3) is 0.842. The summed E-state index contributed by atoms with van der Waals surface area (Å²) in [4.78, 5) is 10.7. The van der Waals surface area contributed by atoms with Gasteiger partial charge in [0.1, 0.15) is 0 Å². The summed E-state index contributed by atoms with van der Waals surface area (Å²) in [5, 5.41) is 2.74. The topological polar surface area (TPSA) is 78.4 Å². The summed E-state index contributed by atoms with van der Waals surface area (Å²) in [6.07, 6.45) is -2.41. The molecule has 0 amide bonds. The number of halogens is 6. The highest BCUT2D eigenvalue weighted by Gasteiger charge is 2.51. The van der Waals surface area contributed by atoms with E-state index < -0.39 is 37.6 Å². The van der Waals surface area contributed by atoms with Crippen molar-refractivity contribution in [1.29, 1.82) is 0 Å². The number of hydrogen-bond donors (Lipinski definition) is 1. The first-order chi connectivity index (χ1) is 15.0. The van der Waals surface area contributed by atoms with Crippen molar-refractivity contribution in [3.63, 3.8) is 0 Å². The van der Waals surface area contributed by atoms with E-state index in [1.807, 2.05) is 0 Å². The van der Waals surface area contributed by atoms with Crippen LogP contribution in [0.1, 0.15) is 38.5 Å². The highest BCUT2D eigenvalue weighted by atomic mass is 19.4. The zero-order chi connectivity index (χ0) is 23.0. The van der Waals surface area contributed by atoms with Gasteiger partial charge in [-0.05, 0) is 56.3 Å². The summed E-state index contributed by atoms with van der Waals surface area (Å²) in [7, 11) is 0. The van der Waals surface area contributed by atoms with Gasteiger partial charge < -0.3 is 19.5 Å². The fourth-order valence-electron chi connectivity index (χ4n) is 5.48. The molecule has 4 aliphatic rings. The first kappa shape index (κ1) is 23.1. The Kier molecular flexibility index (Phi) is 6.29. The van der Waals surface area contributed by atoms with Crippen LogP contribution in [0.15, 0.2) is 0 Å². The maximum atomic E-state index is 12.4. The van der Waals surface area contributed by atoms with E-state index in [-0.39, 0.29) is 18.1 Å². The molecule has 4 saturated carbocycles. The van der Waals surface area contributed by atoms with E-state index in [0.717, 1.165) is 19.3 Å². The van der Waals surface area contributed by atoms with Crippen LogP contribution in [0.25, 0.3) is 0 Å². The summed E-state index contributed by atoms with van der Waals surface area (Å²) in [5.74, 6) is 1.86. The van der Waals surface area contributed by atoms with Crippen molar-refractivity contribution in [3.8, 4) is 12.0 Å². The first-order valence-corrected chi connectivity index (χ1v) is 10.5. The van der Waals surface area contributed by atoms with Crippen molar-refractivity contribution < 1.29 is 40.6 Å². The summed E-state index contributed by atoms with van der Waals surface area (Å²) in [6, 6.07) is -1.59. The van der Waals surface area contributed by atoms with Gasteiger partial charge in [-0.25, -0.2) is 0 Å². The second-order valence-electron chi connectivity index (χ2n) is 8.91. The van der Waals surface area contributed by atoms with Gasteiger partial charge in [0, 0.05) is 6.54 Å². The maximum Gasteiger partial charge on any atom is 0.422 e. The Morgan fingerprint density at radius 1 is 0.781 bits per heavy atom. The lowest BCUT2D eigenvalue weighted by molar-refractivity contribution is -0.159. The Morgan fingerprint density at radius 2 is 1.25 bits per heavy atom. The van der Waals surface area contributed by atoms with Crippen LogP contribution in [-0.2, 0) is 4.74 Å². The Hall–Kier alpha value is -2.05. The van der Waals surface area contributed by atoms with Crippen LogP contribution in [-0.4, -0.2) is 59.3 Å². The molecule has 0 atom stereocenters. The monoisotopic (exact) mass is 470 g/mol. The molecule has 1 heterocycles. The van der Waals surface area contributed by atoms with Gasteiger partial charge in [-0.1, -0.05) is 0 Å². The Balaban J connectivity index is 1.34. The van der Waals surface area contributed by atoms with Crippen molar-refractivity contribution in [2.75, 3.05) is 31.7 Å². The van der Waals surface area contributed by atoms with Gasteiger partial charge in [-0.3, -0.25) is 0 Å². The highest BCUT2D eigenvalue weighted by Crippen LogP contribution is 2.57. The highest BCUT2D eigenvalue weighted by molar-refractivity contribution is 5.27. The molecule has 0 aliphatic heterocycles. The lowest BCUT2D eigenvalue weighted by atomic mass is 9.54. The molecular weight excluding hydrogens is 446 g/mol. The van der Waals surface area contributed by atoms with Crippen LogP contribution < -0.4 is 14.8 Å². The number of anilines is 1. The fourth-order valence-corrected chi connectivity index (χ4v) is 5.48. The summed E-state index contributed by atoms with van der Waals surface area (Å²) in [6.45, 7) is -2.90. The van der Waals surface area contributed by atoms with E-state index in [2.05, 4.69) is 29.7 Å². The molecule has 32 heavy (non-hydrogen) atoms. The van der Waals surface area contributed by atoms with Gasteiger partial charge in [0.25, 0.3) is 0 Å². The molecule has 0 aromatic carbocycles. The minimum absolute atomic E-state index is 0.127.